The zero-order chi connectivity index (χ0) is 22.8. The van der Waals surface area contributed by atoms with Gasteiger partial charge in [0.1, 0.15) is 23.8 Å². The van der Waals surface area contributed by atoms with E-state index in [4.69, 9.17) is 9.47 Å². The summed E-state index contributed by atoms with van der Waals surface area (Å²) in [7, 11) is 2.90. The lowest BCUT2D eigenvalue weighted by molar-refractivity contribution is -0.115. The van der Waals surface area contributed by atoms with Gasteiger partial charge in [0, 0.05) is 18.7 Å². The number of benzene rings is 1. The summed E-state index contributed by atoms with van der Waals surface area (Å²) in [5.41, 5.74) is -1.21. The number of methoxy groups -OCH3 is 2. The molecule has 1 aromatic heterocycles. The number of fused-ring (bicyclic) bond motifs is 1. The normalized spacial score (nSPS) is 14.5. The van der Waals surface area contributed by atoms with Crippen molar-refractivity contribution in [3.8, 4) is 5.75 Å². The Kier molecular flexibility index (Phi) is 6.40. The van der Waals surface area contributed by atoms with Crippen molar-refractivity contribution in [3.63, 3.8) is 0 Å². The number of halogens is 2. The Morgan fingerprint density at radius 3 is 2.71 bits per heavy atom. The molecule has 1 atom stereocenters. The average molecular weight is 434 g/mol. The number of anilines is 2. The second-order valence-corrected chi connectivity index (χ2v) is 7.55. The molecule has 31 heavy (non-hydrogen) atoms. The van der Waals surface area contributed by atoms with Crippen molar-refractivity contribution in [2.45, 2.75) is 25.6 Å². The highest BCUT2D eigenvalue weighted by atomic mass is 19.1. The SMILES string of the molecule is COCC(NC(=O)N1CC(=O)Nc2cc(OC)cnc21)c1ccc(C(C)(C)F)c(F)c1. The predicted molar refractivity (Wildman–Crippen MR) is 110 cm³/mol. The van der Waals surface area contributed by atoms with Crippen molar-refractivity contribution in [2.75, 3.05) is 37.6 Å². The summed E-state index contributed by atoms with van der Waals surface area (Å²) >= 11 is 0. The van der Waals surface area contributed by atoms with E-state index in [1.807, 2.05) is 0 Å². The van der Waals surface area contributed by atoms with Crippen LogP contribution in [0.5, 0.6) is 5.75 Å². The summed E-state index contributed by atoms with van der Waals surface area (Å²) in [5, 5.41) is 5.37. The van der Waals surface area contributed by atoms with Crippen molar-refractivity contribution >= 4 is 23.4 Å². The van der Waals surface area contributed by atoms with Gasteiger partial charge in [-0.25, -0.2) is 18.6 Å². The lowest BCUT2D eigenvalue weighted by Crippen LogP contribution is -2.49. The van der Waals surface area contributed by atoms with Crippen molar-refractivity contribution in [2.24, 2.45) is 0 Å². The number of nitrogens with one attached hydrogen (secondary N) is 2. The van der Waals surface area contributed by atoms with Crippen LogP contribution >= 0.6 is 0 Å². The van der Waals surface area contributed by atoms with Crippen LogP contribution in [0.2, 0.25) is 0 Å². The van der Waals surface area contributed by atoms with Crippen LogP contribution in [0, 0.1) is 5.82 Å². The molecule has 0 spiro atoms. The van der Waals surface area contributed by atoms with Crippen LogP contribution in [0.15, 0.2) is 30.5 Å². The first-order chi connectivity index (χ1) is 14.6. The molecule has 0 radical (unpaired) electrons. The number of alkyl halides is 1. The van der Waals surface area contributed by atoms with E-state index in [1.54, 1.807) is 6.07 Å². The quantitative estimate of drug-likeness (QED) is 0.728. The number of ether oxygens (including phenoxy) is 2. The number of carbonyl (C=O) groups excluding carboxylic acids is 2. The topological polar surface area (TPSA) is 92.8 Å². The second-order valence-electron chi connectivity index (χ2n) is 7.55. The van der Waals surface area contributed by atoms with Gasteiger partial charge in [-0.15, -0.1) is 0 Å². The number of pyridine rings is 1. The maximum atomic E-state index is 14.5. The molecule has 1 aliphatic heterocycles. The molecule has 1 aromatic carbocycles. The van der Waals surface area contributed by atoms with E-state index in [1.165, 1.54) is 57.4 Å². The minimum atomic E-state index is -1.85. The van der Waals surface area contributed by atoms with E-state index >= 15 is 0 Å². The van der Waals surface area contributed by atoms with Gasteiger partial charge < -0.3 is 20.1 Å². The molecule has 3 amide bonds. The van der Waals surface area contributed by atoms with Crippen molar-refractivity contribution in [1.82, 2.24) is 10.3 Å². The van der Waals surface area contributed by atoms with E-state index < -0.39 is 29.5 Å². The maximum absolute atomic E-state index is 14.5. The molecule has 1 aliphatic rings. The number of carbonyl (C=O) groups is 2. The summed E-state index contributed by atoms with van der Waals surface area (Å²) in [6.45, 7) is 2.31. The number of aromatic nitrogens is 1. The first-order valence-electron chi connectivity index (χ1n) is 9.53. The number of rotatable bonds is 6. The summed E-state index contributed by atoms with van der Waals surface area (Å²) in [5.74, 6) is -0.460. The first-order valence-corrected chi connectivity index (χ1v) is 9.53. The standard InChI is InChI=1S/C21H24F2N4O4/c1-21(2,23)14-6-5-12(7-15(14)22)17(11-30-3)26-20(29)27-10-18(28)25-16-8-13(31-4)9-24-19(16)27/h5-9,17H,10-11H2,1-4H3,(H,25,28)(H,26,29). The molecule has 3 rings (SSSR count). The van der Waals surface area contributed by atoms with Gasteiger partial charge in [-0.2, -0.15) is 0 Å². The largest absolute Gasteiger partial charge is 0.495 e. The predicted octanol–water partition coefficient (Wildman–Crippen LogP) is 3.29. The van der Waals surface area contributed by atoms with Gasteiger partial charge in [-0.3, -0.25) is 9.69 Å². The highest BCUT2D eigenvalue weighted by molar-refractivity contribution is 6.08. The number of nitrogens with zero attached hydrogens (tertiary/aromatic N) is 2. The van der Waals surface area contributed by atoms with Crippen molar-refractivity contribution < 1.29 is 27.8 Å². The molecule has 166 valence electrons. The van der Waals surface area contributed by atoms with Crippen LogP contribution in [-0.4, -0.2) is 44.3 Å². The second kappa shape index (κ2) is 8.84. The molecule has 0 saturated heterocycles. The maximum Gasteiger partial charge on any atom is 0.324 e. The Balaban J connectivity index is 1.87. The Morgan fingerprint density at radius 1 is 1.35 bits per heavy atom. The lowest BCUT2D eigenvalue weighted by atomic mass is 9.96. The third kappa shape index (κ3) is 4.91. The van der Waals surface area contributed by atoms with Gasteiger partial charge in [0.2, 0.25) is 5.91 Å². The van der Waals surface area contributed by atoms with Gasteiger partial charge in [0.25, 0.3) is 0 Å². The van der Waals surface area contributed by atoms with Crippen molar-refractivity contribution in [3.05, 3.63) is 47.4 Å². The molecular formula is C21H24F2N4O4. The highest BCUT2D eigenvalue weighted by Crippen LogP contribution is 2.31. The Bertz CT molecular complexity index is 994. The van der Waals surface area contributed by atoms with E-state index in [2.05, 4.69) is 15.6 Å². The van der Waals surface area contributed by atoms with Crippen molar-refractivity contribution in [1.29, 1.82) is 0 Å². The van der Waals surface area contributed by atoms with Crippen LogP contribution in [0.4, 0.5) is 25.1 Å². The zero-order valence-corrected chi connectivity index (χ0v) is 17.7. The van der Waals surface area contributed by atoms with Gasteiger partial charge in [0.15, 0.2) is 5.82 Å². The first kappa shape index (κ1) is 22.4. The van der Waals surface area contributed by atoms with E-state index in [0.717, 1.165) is 0 Å². The molecular weight excluding hydrogens is 410 g/mol. The average Bonchev–Trinajstić information content (AvgIpc) is 2.71. The van der Waals surface area contributed by atoms with E-state index in [0.29, 0.717) is 17.0 Å². The molecule has 1 unspecified atom stereocenters. The molecule has 0 fully saturated rings. The molecule has 2 aromatic rings. The summed E-state index contributed by atoms with van der Waals surface area (Å²) in [6.07, 6.45) is 1.43. The van der Waals surface area contributed by atoms with Gasteiger partial charge in [-0.05, 0) is 25.5 Å². The molecule has 0 saturated carbocycles. The molecule has 0 aliphatic carbocycles. The highest BCUT2D eigenvalue weighted by Gasteiger charge is 2.31. The van der Waals surface area contributed by atoms with Crippen LogP contribution in [0.1, 0.15) is 31.0 Å². The lowest BCUT2D eigenvalue weighted by Gasteiger charge is -2.30. The fourth-order valence-corrected chi connectivity index (χ4v) is 3.28. The van der Waals surface area contributed by atoms with Crippen LogP contribution in [-0.2, 0) is 15.2 Å². The molecule has 10 heteroatoms. The van der Waals surface area contributed by atoms with Crippen LogP contribution < -0.4 is 20.3 Å². The number of hydrogen-bond acceptors (Lipinski definition) is 5. The number of hydrogen-bond donors (Lipinski definition) is 2. The molecule has 2 heterocycles. The minimum Gasteiger partial charge on any atom is -0.495 e. The number of urea groups is 1. The number of amides is 3. The van der Waals surface area contributed by atoms with Gasteiger partial charge >= 0.3 is 6.03 Å². The summed E-state index contributed by atoms with van der Waals surface area (Å²) in [6, 6.07) is 4.24. The Morgan fingerprint density at radius 2 is 2.10 bits per heavy atom. The summed E-state index contributed by atoms with van der Waals surface area (Å²) < 4.78 is 38.9. The van der Waals surface area contributed by atoms with Crippen LogP contribution in [0.3, 0.4) is 0 Å². The Labute approximate surface area is 178 Å². The summed E-state index contributed by atoms with van der Waals surface area (Å²) in [4.78, 5) is 30.4. The van der Waals surface area contributed by atoms with E-state index in [9.17, 15) is 18.4 Å². The smallest absolute Gasteiger partial charge is 0.324 e. The monoisotopic (exact) mass is 434 g/mol. The molecule has 2 N–H and O–H groups in total. The van der Waals surface area contributed by atoms with Gasteiger partial charge in [0.05, 0.1) is 31.6 Å². The van der Waals surface area contributed by atoms with E-state index in [-0.39, 0.29) is 24.5 Å². The fraction of sp³-hybridized carbons (Fsp3) is 0.381. The van der Waals surface area contributed by atoms with Gasteiger partial charge in [-0.1, -0.05) is 12.1 Å². The zero-order valence-electron chi connectivity index (χ0n) is 17.7. The Hall–Kier alpha value is -3.27. The third-order valence-electron chi connectivity index (χ3n) is 4.82. The van der Waals surface area contributed by atoms with Crippen LogP contribution in [0.25, 0.3) is 0 Å². The molecule has 8 nitrogen and oxygen atoms in total. The minimum absolute atomic E-state index is 0.0342. The fourth-order valence-electron chi connectivity index (χ4n) is 3.28. The molecule has 0 bridgehead atoms. The third-order valence-corrected chi connectivity index (χ3v) is 4.82.